The van der Waals surface area contributed by atoms with E-state index < -0.39 is 0 Å². The maximum atomic E-state index is 12.3. The molecule has 1 amide bonds. The lowest BCUT2D eigenvalue weighted by atomic mass is 9.72. The van der Waals surface area contributed by atoms with Gasteiger partial charge in [-0.15, -0.1) is 0 Å². The van der Waals surface area contributed by atoms with Gasteiger partial charge in [0.25, 0.3) is 0 Å². The van der Waals surface area contributed by atoms with Crippen LogP contribution in [0.1, 0.15) is 59.4 Å². The van der Waals surface area contributed by atoms with Crippen LogP contribution < -0.4 is 10.1 Å². The SMILES string of the molecule is CC1=C(/C=C/C(C)=C/C=C/C(C)=C/C(=O)NCc2ccc(Oc3ccccc3)cc2)C(C)(C)CCC1. The van der Waals surface area contributed by atoms with Crippen molar-refractivity contribution in [2.24, 2.45) is 5.41 Å². The van der Waals surface area contributed by atoms with Gasteiger partial charge in [0.2, 0.25) is 5.91 Å². The summed E-state index contributed by atoms with van der Waals surface area (Å²) in [4.78, 5) is 12.3. The van der Waals surface area contributed by atoms with Gasteiger partial charge in [0, 0.05) is 12.6 Å². The van der Waals surface area contributed by atoms with Crippen molar-refractivity contribution in [2.75, 3.05) is 0 Å². The van der Waals surface area contributed by atoms with Crippen LogP contribution in [-0.4, -0.2) is 5.91 Å². The highest BCUT2D eigenvalue weighted by atomic mass is 16.5. The fourth-order valence-corrected chi connectivity index (χ4v) is 4.43. The highest BCUT2D eigenvalue weighted by Gasteiger charge is 2.26. The Morgan fingerprint density at radius 1 is 0.972 bits per heavy atom. The number of ether oxygens (including phenoxy) is 1. The summed E-state index contributed by atoms with van der Waals surface area (Å²) in [5.74, 6) is 1.46. The third-order valence-electron chi connectivity index (χ3n) is 6.50. The maximum absolute atomic E-state index is 12.3. The number of carbonyl (C=O) groups is 1. The average molecular weight is 482 g/mol. The summed E-state index contributed by atoms with van der Waals surface area (Å²) in [5, 5.41) is 2.94. The smallest absolute Gasteiger partial charge is 0.244 e. The predicted octanol–water partition coefficient (Wildman–Crippen LogP) is 8.63. The first-order valence-electron chi connectivity index (χ1n) is 12.7. The van der Waals surface area contributed by atoms with E-state index in [1.165, 1.54) is 36.0 Å². The summed E-state index contributed by atoms with van der Waals surface area (Å²) < 4.78 is 5.81. The van der Waals surface area contributed by atoms with E-state index in [0.29, 0.717) is 6.54 Å². The molecular weight excluding hydrogens is 442 g/mol. The number of hydrogen-bond acceptors (Lipinski definition) is 2. The third-order valence-corrected chi connectivity index (χ3v) is 6.50. The minimum atomic E-state index is -0.107. The number of allylic oxidation sites excluding steroid dienone is 9. The van der Waals surface area contributed by atoms with E-state index in [4.69, 9.17) is 4.74 Å². The lowest BCUT2D eigenvalue weighted by Gasteiger charge is -2.32. The number of amides is 1. The largest absolute Gasteiger partial charge is 0.457 e. The molecule has 0 fully saturated rings. The Kier molecular flexibility index (Phi) is 9.69. The average Bonchev–Trinajstić information content (AvgIpc) is 2.83. The molecule has 1 N–H and O–H groups in total. The number of benzene rings is 2. The second-order valence-electron chi connectivity index (χ2n) is 10.2. The summed E-state index contributed by atoms with van der Waals surface area (Å²) in [7, 11) is 0. The standard InChI is InChI=1S/C33H39NO2/c1-25(16-21-31-27(3)13-10-22-33(31,4)5)11-9-12-26(2)23-32(35)34-24-28-17-19-30(20-18-28)36-29-14-7-6-8-15-29/h6-9,11-12,14-21,23H,10,13,22,24H2,1-5H3,(H,34,35)/b12-9+,21-16+,25-11+,26-23+. The van der Waals surface area contributed by atoms with Crippen molar-refractivity contribution in [3.63, 3.8) is 0 Å². The van der Waals surface area contributed by atoms with Gasteiger partial charge in [-0.2, -0.15) is 0 Å². The Labute approximate surface area is 217 Å². The van der Waals surface area contributed by atoms with Crippen LogP contribution in [0.15, 0.2) is 113 Å². The monoisotopic (exact) mass is 481 g/mol. The molecule has 0 atom stereocenters. The summed E-state index contributed by atoms with van der Waals surface area (Å²) in [6.07, 6.45) is 15.9. The fraction of sp³-hybridized carbons (Fsp3) is 0.303. The number of carbonyl (C=O) groups excluding carboxylic acids is 1. The van der Waals surface area contributed by atoms with Gasteiger partial charge in [-0.1, -0.05) is 85.7 Å². The topological polar surface area (TPSA) is 38.3 Å². The van der Waals surface area contributed by atoms with E-state index in [1.807, 2.05) is 73.7 Å². The molecule has 3 heteroatoms. The molecule has 0 unspecified atom stereocenters. The Morgan fingerprint density at radius 2 is 1.67 bits per heavy atom. The number of rotatable bonds is 9. The molecule has 0 heterocycles. The zero-order chi connectivity index (χ0) is 26.0. The van der Waals surface area contributed by atoms with Gasteiger partial charge in [-0.05, 0) is 86.4 Å². The van der Waals surface area contributed by atoms with Gasteiger partial charge < -0.3 is 10.1 Å². The fourth-order valence-electron chi connectivity index (χ4n) is 4.43. The van der Waals surface area contributed by atoms with Crippen molar-refractivity contribution < 1.29 is 9.53 Å². The minimum absolute atomic E-state index is 0.107. The van der Waals surface area contributed by atoms with E-state index >= 15 is 0 Å². The van der Waals surface area contributed by atoms with Gasteiger partial charge in [0.15, 0.2) is 0 Å². The van der Waals surface area contributed by atoms with Gasteiger partial charge >= 0.3 is 0 Å². The number of para-hydroxylation sites is 1. The lowest BCUT2D eigenvalue weighted by Crippen LogP contribution is -2.20. The molecule has 2 aromatic rings. The molecule has 0 aromatic heterocycles. The highest BCUT2D eigenvalue weighted by molar-refractivity contribution is 5.88. The second-order valence-corrected chi connectivity index (χ2v) is 10.2. The van der Waals surface area contributed by atoms with Gasteiger partial charge in [0.05, 0.1) is 0 Å². The molecule has 0 radical (unpaired) electrons. The van der Waals surface area contributed by atoms with Crippen molar-refractivity contribution in [3.05, 3.63) is 119 Å². The first-order chi connectivity index (χ1) is 17.2. The van der Waals surface area contributed by atoms with E-state index in [9.17, 15) is 4.79 Å². The zero-order valence-electron chi connectivity index (χ0n) is 22.3. The van der Waals surface area contributed by atoms with E-state index in [0.717, 1.165) is 22.6 Å². The van der Waals surface area contributed by atoms with Crippen LogP contribution in [0.3, 0.4) is 0 Å². The molecule has 3 nitrogen and oxygen atoms in total. The van der Waals surface area contributed by atoms with E-state index in [2.05, 4.69) is 51.2 Å². The highest BCUT2D eigenvalue weighted by Crippen LogP contribution is 2.40. The van der Waals surface area contributed by atoms with Crippen molar-refractivity contribution in [1.29, 1.82) is 0 Å². The molecule has 3 rings (SSSR count). The lowest BCUT2D eigenvalue weighted by molar-refractivity contribution is -0.116. The Morgan fingerprint density at radius 3 is 2.36 bits per heavy atom. The van der Waals surface area contributed by atoms with Crippen LogP contribution >= 0.6 is 0 Å². The number of hydrogen-bond donors (Lipinski definition) is 1. The predicted molar refractivity (Wildman–Crippen MR) is 151 cm³/mol. The van der Waals surface area contributed by atoms with Crippen molar-refractivity contribution in [2.45, 2.75) is 60.4 Å². The summed E-state index contributed by atoms with van der Waals surface area (Å²) in [5.41, 5.74) is 6.33. The van der Waals surface area contributed by atoms with Gasteiger partial charge in [-0.3, -0.25) is 4.79 Å². The van der Waals surface area contributed by atoms with Crippen LogP contribution in [0.4, 0.5) is 0 Å². The zero-order valence-corrected chi connectivity index (χ0v) is 22.3. The van der Waals surface area contributed by atoms with Crippen LogP contribution in [0.5, 0.6) is 11.5 Å². The van der Waals surface area contributed by atoms with Crippen LogP contribution in [0.25, 0.3) is 0 Å². The molecule has 0 bridgehead atoms. The van der Waals surface area contributed by atoms with Gasteiger partial charge in [0.1, 0.15) is 11.5 Å². The Balaban J connectivity index is 1.48. The molecule has 1 aliphatic carbocycles. The quantitative estimate of drug-likeness (QED) is 0.287. The molecule has 36 heavy (non-hydrogen) atoms. The van der Waals surface area contributed by atoms with Crippen LogP contribution in [-0.2, 0) is 11.3 Å². The third kappa shape index (κ3) is 8.57. The van der Waals surface area contributed by atoms with Crippen molar-refractivity contribution >= 4 is 5.91 Å². The van der Waals surface area contributed by atoms with Crippen molar-refractivity contribution in [1.82, 2.24) is 5.32 Å². The molecule has 2 aromatic carbocycles. The van der Waals surface area contributed by atoms with E-state index in [-0.39, 0.29) is 11.3 Å². The first-order valence-corrected chi connectivity index (χ1v) is 12.7. The van der Waals surface area contributed by atoms with Crippen LogP contribution in [0, 0.1) is 5.41 Å². The molecule has 0 spiro atoms. The van der Waals surface area contributed by atoms with Crippen molar-refractivity contribution in [3.8, 4) is 11.5 Å². The Hall–Kier alpha value is -3.59. The van der Waals surface area contributed by atoms with Gasteiger partial charge in [-0.25, -0.2) is 0 Å². The number of nitrogens with one attached hydrogen (secondary N) is 1. The molecule has 188 valence electrons. The molecule has 1 aliphatic rings. The second kappa shape index (κ2) is 12.9. The molecule has 0 saturated carbocycles. The summed E-state index contributed by atoms with van der Waals surface area (Å²) in [6.45, 7) is 11.4. The normalized spacial score (nSPS) is 16.6. The molecule has 0 aliphatic heterocycles. The Bertz CT molecular complexity index is 1180. The van der Waals surface area contributed by atoms with Crippen LogP contribution in [0.2, 0.25) is 0 Å². The maximum Gasteiger partial charge on any atom is 0.244 e. The molecule has 0 saturated heterocycles. The molecular formula is C33H39NO2. The summed E-state index contributed by atoms with van der Waals surface area (Å²) >= 11 is 0. The first kappa shape index (κ1) is 27.0. The minimum Gasteiger partial charge on any atom is -0.457 e. The summed E-state index contributed by atoms with van der Waals surface area (Å²) in [6, 6.07) is 17.4. The van der Waals surface area contributed by atoms with E-state index in [1.54, 1.807) is 6.08 Å².